The van der Waals surface area contributed by atoms with Crippen molar-refractivity contribution in [3.63, 3.8) is 0 Å². The quantitative estimate of drug-likeness (QED) is 0.581. The highest BCUT2D eigenvalue weighted by molar-refractivity contribution is 5.80. The van der Waals surface area contributed by atoms with Crippen LogP contribution in [0.25, 0.3) is 0 Å². The average Bonchev–Trinajstić information content (AvgIpc) is 2.92. The largest absolute Gasteiger partial charge is 0.464 e. The monoisotopic (exact) mass is 236 g/mol. The van der Waals surface area contributed by atoms with Crippen LogP contribution in [0.15, 0.2) is 18.2 Å². The van der Waals surface area contributed by atoms with Gasteiger partial charge in [-0.2, -0.15) is 0 Å². The number of carbonyl (C=O) groups excluding carboxylic acids is 1. The highest BCUT2D eigenvalue weighted by Gasteiger charge is 2.65. The lowest BCUT2D eigenvalue weighted by Gasteiger charge is -2.05. The van der Waals surface area contributed by atoms with Crippen molar-refractivity contribution in [2.75, 3.05) is 6.61 Å². The van der Waals surface area contributed by atoms with Crippen LogP contribution < -0.4 is 0 Å². The van der Waals surface area contributed by atoms with E-state index in [2.05, 4.69) is 0 Å². The lowest BCUT2D eigenvalue weighted by molar-refractivity contribution is -0.144. The van der Waals surface area contributed by atoms with Crippen LogP contribution in [0.2, 0.25) is 0 Å². The summed E-state index contributed by atoms with van der Waals surface area (Å²) in [7, 11) is 0. The lowest BCUT2D eigenvalue weighted by atomic mass is 9.97. The van der Waals surface area contributed by atoms with E-state index in [1.807, 2.05) is 0 Å². The Morgan fingerprint density at radius 2 is 2.47 bits per heavy atom. The van der Waals surface area contributed by atoms with Crippen molar-refractivity contribution in [3.8, 4) is 0 Å². The van der Waals surface area contributed by atoms with Gasteiger partial charge in [0.15, 0.2) is 6.10 Å². The zero-order valence-corrected chi connectivity index (χ0v) is 9.53. The van der Waals surface area contributed by atoms with Crippen molar-refractivity contribution < 1.29 is 18.7 Å². The third kappa shape index (κ3) is 1.47. The molecule has 17 heavy (non-hydrogen) atoms. The first-order valence-corrected chi connectivity index (χ1v) is 5.81. The zero-order chi connectivity index (χ0) is 12.0. The Kier molecular flexibility index (Phi) is 2.23. The molecule has 1 fully saturated rings. The Hall–Kier alpha value is -1.42. The van der Waals surface area contributed by atoms with Crippen LogP contribution in [-0.4, -0.2) is 18.7 Å². The van der Waals surface area contributed by atoms with Gasteiger partial charge in [0.25, 0.3) is 0 Å². The van der Waals surface area contributed by atoms with Crippen molar-refractivity contribution >= 4 is 5.97 Å². The number of halogens is 1. The van der Waals surface area contributed by atoms with Crippen LogP contribution in [0, 0.1) is 5.82 Å². The average molecular weight is 236 g/mol. The van der Waals surface area contributed by atoms with Gasteiger partial charge in [0.2, 0.25) is 0 Å². The number of fused-ring (bicyclic) bond motifs is 2. The Morgan fingerprint density at radius 1 is 1.65 bits per heavy atom. The van der Waals surface area contributed by atoms with Gasteiger partial charge in [-0.25, -0.2) is 9.18 Å². The molecule has 2 unspecified atom stereocenters. The Bertz CT molecular complexity index is 486. The molecule has 3 nitrogen and oxygen atoms in total. The maximum Gasteiger partial charge on any atom is 0.338 e. The van der Waals surface area contributed by atoms with Crippen molar-refractivity contribution in [1.82, 2.24) is 0 Å². The Balaban J connectivity index is 1.88. The molecule has 1 aliphatic heterocycles. The van der Waals surface area contributed by atoms with Crippen LogP contribution >= 0.6 is 0 Å². The minimum absolute atomic E-state index is 0.242. The number of esters is 1. The van der Waals surface area contributed by atoms with Gasteiger partial charge in [-0.3, -0.25) is 0 Å². The molecule has 1 heterocycles. The lowest BCUT2D eigenvalue weighted by Crippen LogP contribution is -2.19. The number of benzene rings is 1. The summed E-state index contributed by atoms with van der Waals surface area (Å²) in [6, 6.07) is 4.65. The number of carbonyl (C=O) groups is 1. The summed E-state index contributed by atoms with van der Waals surface area (Å²) >= 11 is 0. The first-order chi connectivity index (χ1) is 8.17. The van der Waals surface area contributed by atoms with Crippen LogP contribution in [0.1, 0.15) is 24.5 Å². The summed E-state index contributed by atoms with van der Waals surface area (Å²) in [5.41, 5.74) is 1.35. The number of hydrogen-bond donors (Lipinski definition) is 0. The fourth-order valence-electron chi connectivity index (χ4n) is 2.66. The summed E-state index contributed by atoms with van der Waals surface area (Å²) in [6.45, 7) is 2.12. The fourth-order valence-corrected chi connectivity index (χ4v) is 2.66. The predicted octanol–water partition coefficient (Wildman–Crippen LogP) is 1.93. The maximum atomic E-state index is 13.1. The normalized spacial score (nSPS) is 29.2. The molecular weight excluding hydrogens is 223 g/mol. The number of ether oxygens (including phenoxy) is 2. The minimum atomic E-state index is -0.532. The summed E-state index contributed by atoms with van der Waals surface area (Å²) in [4.78, 5) is 11.6. The van der Waals surface area contributed by atoms with Crippen LogP contribution in [0.3, 0.4) is 0 Å². The minimum Gasteiger partial charge on any atom is -0.464 e. The van der Waals surface area contributed by atoms with E-state index in [-0.39, 0.29) is 11.8 Å². The highest BCUT2D eigenvalue weighted by atomic mass is 19.1. The third-order valence-electron chi connectivity index (χ3n) is 3.48. The molecule has 0 radical (unpaired) electrons. The van der Waals surface area contributed by atoms with Crippen molar-refractivity contribution in [3.05, 3.63) is 35.1 Å². The fraction of sp³-hybridized carbons (Fsp3) is 0.462. The second-order valence-electron chi connectivity index (χ2n) is 4.44. The molecule has 3 rings (SSSR count). The van der Waals surface area contributed by atoms with E-state index in [1.54, 1.807) is 13.0 Å². The van der Waals surface area contributed by atoms with Gasteiger partial charge in [-0.1, -0.05) is 6.07 Å². The molecule has 0 bridgehead atoms. The first kappa shape index (κ1) is 10.7. The molecule has 0 N–H and O–H groups in total. The predicted molar refractivity (Wildman–Crippen MR) is 57.9 cm³/mol. The number of hydrogen-bond acceptors (Lipinski definition) is 3. The first-order valence-electron chi connectivity index (χ1n) is 5.81. The second kappa shape index (κ2) is 3.53. The van der Waals surface area contributed by atoms with Gasteiger partial charge in [0.05, 0.1) is 6.61 Å². The van der Waals surface area contributed by atoms with Crippen molar-refractivity contribution in [1.29, 1.82) is 0 Å². The van der Waals surface area contributed by atoms with Crippen LogP contribution in [0.5, 0.6) is 0 Å². The molecule has 90 valence electrons. The van der Waals surface area contributed by atoms with Crippen LogP contribution in [-0.2, 0) is 26.3 Å². The Morgan fingerprint density at radius 3 is 3.24 bits per heavy atom. The van der Waals surface area contributed by atoms with E-state index in [0.717, 1.165) is 24.0 Å². The molecule has 1 saturated heterocycles. The van der Waals surface area contributed by atoms with Gasteiger partial charge in [0, 0.05) is 0 Å². The smallest absolute Gasteiger partial charge is 0.338 e. The summed E-state index contributed by atoms with van der Waals surface area (Å²) in [5.74, 6) is -0.557. The van der Waals surface area contributed by atoms with Gasteiger partial charge in [-0.15, -0.1) is 0 Å². The van der Waals surface area contributed by atoms with E-state index in [1.165, 1.54) is 12.1 Å². The molecule has 1 aliphatic carbocycles. The van der Waals surface area contributed by atoms with E-state index in [0.29, 0.717) is 6.61 Å². The molecule has 0 aromatic heterocycles. The molecule has 2 atom stereocenters. The van der Waals surface area contributed by atoms with Crippen molar-refractivity contribution in [2.24, 2.45) is 0 Å². The summed E-state index contributed by atoms with van der Waals surface area (Å²) in [6.07, 6.45) is 0.979. The molecular formula is C13H13FO3. The third-order valence-corrected chi connectivity index (χ3v) is 3.48. The van der Waals surface area contributed by atoms with Crippen molar-refractivity contribution in [2.45, 2.75) is 31.5 Å². The molecule has 0 saturated carbocycles. The van der Waals surface area contributed by atoms with Gasteiger partial charge >= 0.3 is 5.97 Å². The highest BCUT2D eigenvalue weighted by Crippen LogP contribution is 2.55. The topological polar surface area (TPSA) is 38.8 Å². The molecule has 4 heteroatoms. The second-order valence-corrected chi connectivity index (χ2v) is 4.44. The molecule has 1 spiro atoms. The molecule has 0 amide bonds. The maximum absolute atomic E-state index is 13.1. The zero-order valence-electron chi connectivity index (χ0n) is 9.53. The number of aryl methyl sites for hydroxylation is 1. The molecule has 1 aromatic carbocycles. The molecule has 1 aromatic rings. The van der Waals surface area contributed by atoms with Gasteiger partial charge in [0.1, 0.15) is 11.4 Å². The van der Waals surface area contributed by atoms with E-state index in [9.17, 15) is 9.18 Å². The van der Waals surface area contributed by atoms with Gasteiger partial charge < -0.3 is 9.47 Å². The van der Waals surface area contributed by atoms with E-state index in [4.69, 9.17) is 9.47 Å². The van der Waals surface area contributed by atoms with E-state index < -0.39 is 11.7 Å². The molecule has 2 aliphatic rings. The van der Waals surface area contributed by atoms with Crippen LogP contribution in [0.4, 0.5) is 4.39 Å². The Labute approximate surface area is 98.5 Å². The summed E-state index contributed by atoms with van der Waals surface area (Å²) < 4.78 is 23.6. The van der Waals surface area contributed by atoms with Gasteiger partial charge in [-0.05, 0) is 43.0 Å². The van der Waals surface area contributed by atoms with E-state index >= 15 is 0 Å². The SMILES string of the molecule is CCOC(=O)C1OC12CCc1cc(F)ccc12. The number of epoxide rings is 1. The summed E-state index contributed by atoms with van der Waals surface area (Å²) in [5, 5.41) is 0. The number of rotatable bonds is 2. The standard InChI is InChI=1S/C13H13FO3/c1-2-16-12(15)11-13(17-11)6-5-8-7-9(14)3-4-10(8)13/h3-4,7,11H,2,5-6H2,1H3.